The fraction of sp³-hybridized carbons (Fsp3) is 0.667. The van der Waals surface area contributed by atoms with E-state index in [1.165, 1.54) is 0 Å². The monoisotopic (exact) mass is 477 g/mol. The van der Waals surface area contributed by atoms with Crippen LogP contribution in [-0.4, -0.2) is 71.4 Å². The Bertz CT molecular complexity index is 680. The predicted octanol–water partition coefficient (Wildman–Crippen LogP) is 1.04. The second kappa shape index (κ2) is 10.3. The summed E-state index contributed by atoms with van der Waals surface area (Å²) in [6.07, 6.45) is -8.23. The van der Waals surface area contributed by atoms with Crippen molar-refractivity contribution in [2.45, 2.75) is 55.3 Å². The molecule has 0 amide bonds. The van der Waals surface area contributed by atoms with Crippen LogP contribution in [0.15, 0.2) is 0 Å². The molecule has 1 aliphatic heterocycles. The molecule has 1 heterocycles. The minimum Gasteiger partial charge on any atom is -0.467 e. The fourth-order valence-electron chi connectivity index (χ4n) is 2.35. The maximum Gasteiger partial charge on any atom is 0.339 e. The lowest BCUT2D eigenvalue weighted by Gasteiger charge is -2.43. The summed E-state index contributed by atoms with van der Waals surface area (Å²) in [4.78, 5) is 46.8. The molecule has 0 saturated carbocycles. The van der Waals surface area contributed by atoms with Crippen molar-refractivity contribution < 1.29 is 47.6 Å². The topological polar surface area (TPSA) is 148 Å². The van der Waals surface area contributed by atoms with Crippen LogP contribution in [0.5, 0.6) is 0 Å². The summed E-state index contributed by atoms with van der Waals surface area (Å²) in [6, 6.07) is 0. The number of halogens is 3. The summed E-state index contributed by atoms with van der Waals surface area (Å²) >= 11 is 16.8. The molecule has 1 rings (SSSR count). The van der Waals surface area contributed by atoms with Gasteiger partial charge in [-0.05, 0) is 0 Å². The molecule has 1 saturated heterocycles. The number of hydrogen-bond acceptors (Lipinski definition) is 11. The summed E-state index contributed by atoms with van der Waals surface area (Å²) in [5, 5.41) is 7.75. The lowest BCUT2D eigenvalue weighted by atomic mass is 9.97. The van der Waals surface area contributed by atoms with Crippen LogP contribution in [0.4, 0.5) is 0 Å². The molecule has 0 aliphatic carbocycles. The predicted molar refractivity (Wildman–Crippen MR) is 96.4 cm³/mol. The first-order valence-electron chi connectivity index (χ1n) is 7.85. The van der Waals surface area contributed by atoms with Crippen molar-refractivity contribution in [2.75, 3.05) is 7.11 Å². The molecule has 164 valence electrons. The fourth-order valence-corrected chi connectivity index (χ4v) is 2.48. The van der Waals surface area contributed by atoms with E-state index in [4.69, 9.17) is 63.9 Å². The molecule has 1 fully saturated rings. The van der Waals surface area contributed by atoms with Gasteiger partial charge >= 0.3 is 23.9 Å². The van der Waals surface area contributed by atoms with E-state index in [0.717, 1.165) is 27.9 Å². The van der Waals surface area contributed by atoms with E-state index in [2.05, 4.69) is 4.74 Å². The van der Waals surface area contributed by atoms with Gasteiger partial charge in [0.05, 0.1) is 7.11 Å². The van der Waals surface area contributed by atoms with Crippen LogP contribution >= 0.6 is 34.8 Å². The smallest absolute Gasteiger partial charge is 0.339 e. The average molecular weight is 479 g/mol. The SMILES string of the molecule is COC(=O)[C@H]1O[C@H](OC(C)=O)[C@H](OC(C)=O)[C@@H](OC(C)=O)[C@@H]1OC(=N)C(Cl)(Cl)Cl. The van der Waals surface area contributed by atoms with Crippen LogP contribution in [-0.2, 0) is 47.6 Å². The molecule has 0 bridgehead atoms. The molecule has 1 aliphatic rings. The first-order valence-corrected chi connectivity index (χ1v) is 8.98. The normalized spacial score (nSPS) is 26.7. The van der Waals surface area contributed by atoms with Crippen LogP contribution in [0.1, 0.15) is 20.8 Å². The Kier molecular flexibility index (Phi) is 8.94. The van der Waals surface area contributed by atoms with Gasteiger partial charge < -0.3 is 28.4 Å². The molecule has 0 aromatic rings. The minimum atomic E-state index is -2.34. The number of alkyl halides is 3. The van der Waals surface area contributed by atoms with Gasteiger partial charge in [-0.3, -0.25) is 19.8 Å². The van der Waals surface area contributed by atoms with Crippen molar-refractivity contribution in [1.82, 2.24) is 0 Å². The highest BCUT2D eigenvalue weighted by molar-refractivity contribution is 6.76. The molecular weight excluding hydrogens is 461 g/mol. The van der Waals surface area contributed by atoms with E-state index in [0.29, 0.717) is 0 Å². The molecule has 0 radical (unpaired) electrons. The summed E-state index contributed by atoms with van der Waals surface area (Å²) in [7, 11) is 1.02. The highest BCUT2D eigenvalue weighted by Crippen LogP contribution is 2.34. The van der Waals surface area contributed by atoms with E-state index >= 15 is 0 Å². The minimum absolute atomic E-state index is 0.856. The number of nitrogens with one attached hydrogen (secondary N) is 1. The quantitative estimate of drug-likeness (QED) is 0.200. The number of ether oxygens (including phenoxy) is 6. The number of carbonyl (C=O) groups is 4. The Balaban J connectivity index is 3.46. The van der Waals surface area contributed by atoms with Crippen LogP contribution < -0.4 is 0 Å². The maximum atomic E-state index is 12.2. The molecule has 11 nitrogen and oxygen atoms in total. The number of hydrogen-bond donors (Lipinski definition) is 1. The van der Waals surface area contributed by atoms with Crippen molar-refractivity contribution in [1.29, 1.82) is 5.41 Å². The van der Waals surface area contributed by atoms with Crippen LogP contribution in [0, 0.1) is 5.41 Å². The van der Waals surface area contributed by atoms with Gasteiger partial charge in [0, 0.05) is 20.8 Å². The molecule has 5 atom stereocenters. The summed E-state index contributed by atoms with van der Waals surface area (Å²) in [5.74, 6) is -4.60. The van der Waals surface area contributed by atoms with Crippen molar-refractivity contribution in [3.05, 3.63) is 0 Å². The van der Waals surface area contributed by atoms with Gasteiger partial charge in [0.1, 0.15) is 0 Å². The molecule has 0 unspecified atom stereocenters. The Morgan fingerprint density at radius 1 is 0.828 bits per heavy atom. The first-order chi connectivity index (χ1) is 13.3. The number of carbonyl (C=O) groups excluding carboxylic acids is 4. The summed E-state index contributed by atoms with van der Waals surface area (Å²) in [6.45, 7) is 3.08. The molecule has 1 N–H and O–H groups in total. The Morgan fingerprint density at radius 3 is 1.72 bits per heavy atom. The number of methoxy groups -OCH3 is 1. The van der Waals surface area contributed by atoms with E-state index in [-0.39, 0.29) is 0 Å². The maximum absolute atomic E-state index is 12.2. The molecule has 0 spiro atoms. The molecule has 14 heteroatoms. The van der Waals surface area contributed by atoms with Crippen LogP contribution in [0.2, 0.25) is 0 Å². The van der Waals surface area contributed by atoms with Gasteiger partial charge in [-0.2, -0.15) is 0 Å². The van der Waals surface area contributed by atoms with Crippen molar-refractivity contribution in [3.63, 3.8) is 0 Å². The molecule has 0 aromatic carbocycles. The highest BCUT2D eigenvalue weighted by Gasteiger charge is 2.56. The third-order valence-electron chi connectivity index (χ3n) is 3.33. The zero-order chi connectivity index (χ0) is 22.5. The van der Waals surface area contributed by atoms with Gasteiger partial charge in [-0.25, -0.2) is 4.79 Å². The molecular formula is C15H18Cl3NO10. The van der Waals surface area contributed by atoms with E-state index < -0.39 is 64.3 Å². The zero-order valence-electron chi connectivity index (χ0n) is 15.6. The Morgan fingerprint density at radius 2 is 1.31 bits per heavy atom. The van der Waals surface area contributed by atoms with Crippen molar-refractivity contribution >= 4 is 64.6 Å². The van der Waals surface area contributed by atoms with Gasteiger partial charge in [-0.15, -0.1) is 0 Å². The van der Waals surface area contributed by atoms with Crippen LogP contribution in [0.3, 0.4) is 0 Å². The van der Waals surface area contributed by atoms with E-state index in [1.807, 2.05) is 0 Å². The highest BCUT2D eigenvalue weighted by atomic mass is 35.6. The van der Waals surface area contributed by atoms with Crippen molar-refractivity contribution in [3.8, 4) is 0 Å². The zero-order valence-corrected chi connectivity index (χ0v) is 17.9. The summed E-state index contributed by atoms with van der Waals surface area (Å²) in [5.41, 5.74) is 0. The number of esters is 4. The standard InChI is InChI=1S/C15H18Cl3NO10/c1-5(20)25-9-8(29-14(19)15(16,17)18)10(12(23)24-4)28-13(27-7(3)22)11(9)26-6(2)21/h8-11,13,19H,1-4H3/t8-,9-,10-,11+,13-/m0/s1. The lowest BCUT2D eigenvalue weighted by molar-refractivity contribution is -0.290. The van der Waals surface area contributed by atoms with E-state index in [1.54, 1.807) is 0 Å². The molecule has 0 aromatic heterocycles. The summed E-state index contributed by atoms with van der Waals surface area (Å²) < 4.78 is 28.0. The number of rotatable bonds is 5. The molecule has 29 heavy (non-hydrogen) atoms. The van der Waals surface area contributed by atoms with Gasteiger partial charge in [-0.1, -0.05) is 34.8 Å². The lowest BCUT2D eigenvalue weighted by Crippen LogP contribution is -2.64. The second-order valence-electron chi connectivity index (χ2n) is 5.62. The average Bonchev–Trinajstić information content (AvgIpc) is 2.56. The van der Waals surface area contributed by atoms with Crippen molar-refractivity contribution in [2.24, 2.45) is 0 Å². The van der Waals surface area contributed by atoms with E-state index in [9.17, 15) is 19.2 Å². The van der Waals surface area contributed by atoms with Crippen LogP contribution in [0.25, 0.3) is 0 Å². The first kappa shape index (κ1) is 25.2. The third-order valence-corrected chi connectivity index (χ3v) is 3.84. The van der Waals surface area contributed by atoms with Gasteiger partial charge in [0.25, 0.3) is 3.79 Å². The van der Waals surface area contributed by atoms with Gasteiger partial charge in [0.2, 0.25) is 18.3 Å². The Hall–Kier alpha value is -1.82. The second-order valence-corrected chi connectivity index (χ2v) is 7.90. The largest absolute Gasteiger partial charge is 0.467 e. The Labute approximate surface area is 180 Å². The van der Waals surface area contributed by atoms with Gasteiger partial charge in [0.15, 0.2) is 18.3 Å². The third kappa shape index (κ3) is 7.18.